The third-order valence-electron chi connectivity index (χ3n) is 6.49. The van der Waals surface area contributed by atoms with Gasteiger partial charge >= 0.3 is 6.18 Å². The molecule has 1 aromatic carbocycles. The lowest BCUT2D eigenvalue weighted by molar-refractivity contribution is -0.384. The van der Waals surface area contributed by atoms with Gasteiger partial charge in [0.15, 0.2) is 5.76 Å². The number of aryl methyl sites for hydroxylation is 1. The molecule has 2 amide bonds. The van der Waals surface area contributed by atoms with Crippen LogP contribution in [0.15, 0.2) is 47.0 Å². The minimum atomic E-state index is -4.80. The number of halogens is 4. The van der Waals surface area contributed by atoms with Crippen LogP contribution in [-0.4, -0.2) is 31.5 Å². The molecule has 0 bridgehead atoms. The first-order chi connectivity index (χ1) is 20.8. The fourth-order valence-corrected chi connectivity index (χ4v) is 5.64. The number of nitrogens with one attached hydrogen (secondary N) is 1. The Hall–Kier alpha value is -4.96. The Bertz CT molecular complexity index is 1950. The van der Waals surface area contributed by atoms with Crippen molar-refractivity contribution in [1.29, 1.82) is 0 Å². The second-order valence-corrected chi connectivity index (χ2v) is 10.6. The Kier molecular flexibility index (Phi) is 8.05. The lowest BCUT2D eigenvalue weighted by atomic mass is 10.0. The maximum atomic E-state index is 13.8. The van der Waals surface area contributed by atoms with Crippen molar-refractivity contribution in [2.45, 2.75) is 33.2 Å². The Morgan fingerprint density at radius 2 is 1.98 bits per heavy atom. The predicted octanol–water partition coefficient (Wildman–Crippen LogP) is 6.59. The normalized spacial score (nSPS) is 11.6. The lowest BCUT2D eigenvalue weighted by Gasteiger charge is -2.12. The van der Waals surface area contributed by atoms with Gasteiger partial charge in [0.2, 0.25) is 0 Å². The van der Waals surface area contributed by atoms with Crippen LogP contribution in [0.1, 0.15) is 44.3 Å². The molecule has 0 saturated heterocycles. The Balaban J connectivity index is 1.50. The molecule has 0 aliphatic rings. The molecule has 17 heteroatoms. The first kappa shape index (κ1) is 30.5. The van der Waals surface area contributed by atoms with Crippen LogP contribution in [0.2, 0.25) is 5.02 Å². The molecule has 0 aliphatic heterocycles. The number of nitrogens with two attached hydrogens (primary N) is 1. The van der Waals surface area contributed by atoms with Gasteiger partial charge in [0.05, 0.1) is 21.8 Å². The highest BCUT2D eigenvalue weighted by molar-refractivity contribution is 7.21. The van der Waals surface area contributed by atoms with E-state index >= 15 is 0 Å². The number of benzene rings is 1. The van der Waals surface area contributed by atoms with Crippen molar-refractivity contribution in [3.05, 3.63) is 85.5 Å². The van der Waals surface area contributed by atoms with Crippen LogP contribution in [0, 0.1) is 17.0 Å². The largest absolute Gasteiger partial charge is 0.484 e. The third-order valence-corrected chi connectivity index (χ3v) is 7.88. The number of aromatic nitrogens is 3. The molecular weight excluding hydrogens is 629 g/mol. The first-order valence-corrected chi connectivity index (χ1v) is 13.8. The molecule has 0 saturated carbocycles. The van der Waals surface area contributed by atoms with Crippen LogP contribution in [0.4, 0.5) is 24.5 Å². The quantitative estimate of drug-likeness (QED) is 0.133. The van der Waals surface area contributed by atoms with Crippen LogP contribution in [0.3, 0.4) is 0 Å². The Morgan fingerprint density at radius 1 is 1.23 bits per heavy atom. The zero-order chi connectivity index (χ0) is 31.9. The number of hydrogen-bond donors (Lipinski definition) is 2. The van der Waals surface area contributed by atoms with E-state index in [1.54, 1.807) is 11.6 Å². The number of carbonyl (C=O) groups is 2. The van der Waals surface area contributed by atoms with Crippen molar-refractivity contribution >= 4 is 56.3 Å². The van der Waals surface area contributed by atoms with Crippen LogP contribution in [-0.2, 0) is 19.3 Å². The summed E-state index contributed by atoms with van der Waals surface area (Å²) in [4.78, 5) is 39.3. The molecule has 5 aromatic rings. The summed E-state index contributed by atoms with van der Waals surface area (Å²) in [7, 11) is 0. The summed E-state index contributed by atoms with van der Waals surface area (Å²) < 4.78 is 54.2. The summed E-state index contributed by atoms with van der Waals surface area (Å²) in [5.41, 5.74) is 4.97. The number of anilines is 1. The first-order valence-electron chi connectivity index (χ1n) is 12.6. The number of furan rings is 1. The molecule has 4 heterocycles. The number of hydrogen-bond acceptors (Lipinski definition) is 9. The average molecular weight is 649 g/mol. The maximum absolute atomic E-state index is 13.8. The van der Waals surface area contributed by atoms with Crippen LogP contribution in [0.5, 0.6) is 5.75 Å². The van der Waals surface area contributed by atoms with Crippen molar-refractivity contribution in [3.63, 3.8) is 0 Å². The van der Waals surface area contributed by atoms with E-state index in [9.17, 15) is 32.9 Å². The van der Waals surface area contributed by atoms with E-state index in [-0.39, 0.29) is 60.9 Å². The number of rotatable bonds is 9. The Labute approximate surface area is 254 Å². The molecule has 0 fully saturated rings. The predicted molar refractivity (Wildman–Crippen MR) is 154 cm³/mol. The molecule has 5 rings (SSSR count). The highest BCUT2D eigenvalue weighted by atomic mass is 35.5. The van der Waals surface area contributed by atoms with Gasteiger partial charge in [0.1, 0.15) is 33.5 Å². The van der Waals surface area contributed by atoms with Gasteiger partial charge in [-0.2, -0.15) is 18.3 Å². The van der Waals surface area contributed by atoms with E-state index in [2.05, 4.69) is 15.4 Å². The third kappa shape index (κ3) is 5.80. The van der Waals surface area contributed by atoms with Gasteiger partial charge < -0.3 is 20.2 Å². The molecule has 3 N–H and O–H groups in total. The molecule has 12 nitrogen and oxygen atoms in total. The smallest absolute Gasteiger partial charge is 0.433 e. The molecule has 0 aliphatic carbocycles. The highest BCUT2D eigenvalue weighted by Crippen LogP contribution is 2.44. The number of nitro groups is 1. The zero-order valence-electron chi connectivity index (χ0n) is 22.7. The number of amides is 2. The second-order valence-electron chi connectivity index (χ2n) is 9.24. The van der Waals surface area contributed by atoms with Gasteiger partial charge in [-0.1, -0.05) is 11.6 Å². The second kappa shape index (κ2) is 11.6. The molecule has 0 unspecified atom stereocenters. The number of primary amides is 1. The molecule has 228 valence electrons. The van der Waals surface area contributed by atoms with Gasteiger partial charge in [-0.25, -0.2) is 4.98 Å². The van der Waals surface area contributed by atoms with Crippen LogP contribution in [0.25, 0.3) is 21.3 Å². The van der Waals surface area contributed by atoms with Crippen molar-refractivity contribution in [2.24, 2.45) is 5.73 Å². The van der Waals surface area contributed by atoms with Crippen molar-refractivity contribution in [2.75, 3.05) is 5.32 Å². The summed E-state index contributed by atoms with van der Waals surface area (Å²) >= 11 is 6.65. The van der Waals surface area contributed by atoms with Gasteiger partial charge in [-0.05, 0) is 43.7 Å². The van der Waals surface area contributed by atoms with E-state index in [0.717, 1.165) is 12.1 Å². The average Bonchev–Trinajstić information content (AvgIpc) is 3.68. The minimum Gasteiger partial charge on any atom is -0.484 e. The number of fused-ring (bicyclic) bond motifs is 1. The minimum absolute atomic E-state index is 0.00940. The van der Waals surface area contributed by atoms with Gasteiger partial charge in [0, 0.05) is 35.3 Å². The standard InChI is InChI=1S/C27H20ClF3N6O6S/c1-3-36-12(2)16(10-33-36)15-9-20(27(29,30)31)34-26-21(15)22(23(44-26)24(32)38)35-25(39)19-7-5-14(43-19)11-42-18-6-4-13(37(40)41)8-17(18)28/h4-10H,3,11H2,1-2H3,(H2,32,38)(H,35,39). The number of ether oxygens (including phenoxy) is 1. The van der Waals surface area contributed by atoms with E-state index in [1.165, 1.54) is 30.5 Å². The number of thiophene rings is 1. The van der Waals surface area contributed by atoms with Crippen LogP contribution >= 0.6 is 22.9 Å². The fraction of sp³-hybridized carbons (Fsp3) is 0.185. The summed E-state index contributed by atoms with van der Waals surface area (Å²) in [5, 5.41) is 17.7. The topological polar surface area (TPSA) is 168 Å². The number of nitro benzene ring substituents is 1. The number of alkyl halides is 3. The van der Waals surface area contributed by atoms with Crippen molar-refractivity contribution in [1.82, 2.24) is 14.8 Å². The zero-order valence-corrected chi connectivity index (χ0v) is 24.3. The maximum Gasteiger partial charge on any atom is 0.433 e. The molecule has 0 atom stereocenters. The molecule has 0 radical (unpaired) electrons. The Morgan fingerprint density at radius 3 is 2.59 bits per heavy atom. The number of carbonyl (C=O) groups excluding carboxylic acids is 2. The monoisotopic (exact) mass is 648 g/mol. The number of nitrogens with zero attached hydrogens (tertiary/aromatic N) is 4. The van der Waals surface area contributed by atoms with Gasteiger partial charge in [0.25, 0.3) is 17.5 Å². The SMILES string of the molecule is CCn1ncc(-c2cc(C(F)(F)F)nc3sc(C(N)=O)c(NC(=O)c4ccc(COc5ccc([N+](=O)[O-])cc5Cl)o4)c23)c1C. The van der Waals surface area contributed by atoms with Gasteiger partial charge in [-0.15, -0.1) is 11.3 Å². The van der Waals surface area contributed by atoms with E-state index < -0.39 is 28.6 Å². The molecule has 4 aromatic heterocycles. The van der Waals surface area contributed by atoms with E-state index in [0.29, 0.717) is 29.1 Å². The summed E-state index contributed by atoms with van der Waals surface area (Å²) in [5.74, 6) is -1.73. The fourth-order valence-electron chi connectivity index (χ4n) is 4.40. The number of pyridine rings is 1. The van der Waals surface area contributed by atoms with Gasteiger partial charge in [-0.3, -0.25) is 24.4 Å². The molecule has 0 spiro atoms. The van der Waals surface area contributed by atoms with Crippen molar-refractivity contribution < 1.29 is 36.8 Å². The molecular formula is C27H20ClF3N6O6S. The summed E-state index contributed by atoms with van der Waals surface area (Å²) in [6.07, 6.45) is -3.40. The van der Waals surface area contributed by atoms with Crippen LogP contribution < -0.4 is 15.8 Å². The molecule has 44 heavy (non-hydrogen) atoms. The summed E-state index contributed by atoms with van der Waals surface area (Å²) in [6.45, 7) is 3.75. The highest BCUT2D eigenvalue weighted by Gasteiger charge is 2.35. The van der Waals surface area contributed by atoms with E-state index in [1.807, 2.05) is 6.92 Å². The summed E-state index contributed by atoms with van der Waals surface area (Å²) in [6, 6.07) is 7.23. The van der Waals surface area contributed by atoms with Crippen molar-refractivity contribution in [3.8, 4) is 16.9 Å². The lowest BCUT2D eigenvalue weighted by Crippen LogP contribution is -2.16. The number of non-ortho nitro benzene ring substituents is 1. The van der Waals surface area contributed by atoms with E-state index in [4.69, 9.17) is 26.5 Å².